The number of anilines is 1. The number of aromatic hydroxyl groups is 1. The fourth-order valence-corrected chi connectivity index (χ4v) is 2.09. The van der Waals surface area contributed by atoms with Crippen LogP contribution in [0.15, 0.2) is 18.2 Å². The molecule has 6 heteroatoms. The Morgan fingerprint density at radius 2 is 1.77 bits per heavy atom. The standard InChI is InChI=1S/C16H23NO5/c1-15(2,3)22-14(21)17-12-7-6-10(18)8-11(12)16(4,5)9-13(19)20/h6-8,18H,9H2,1-5H3,(H,17,21)(H,19,20). The Kier molecular flexibility index (Phi) is 5.06. The van der Waals surface area contributed by atoms with E-state index in [9.17, 15) is 14.7 Å². The third kappa shape index (κ3) is 5.27. The summed E-state index contributed by atoms with van der Waals surface area (Å²) in [6.07, 6.45) is -0.773. The van der Waals surface area contributed by atoms with Crippen LogP contribution in [0.5, 0.6) is 5.75 Å². The molecule has 0 saturated heterocycles. The zero-order chi connectivity index (χ0) is 17.1. The van der Waals surface area contributed by atoms with E-state index in [1.54, 1.807) is 34.6 Å². The molecule has 0 aliphatic heterocycles. The van der Waals surface area contributed by atoms with Gasteiger partial charge >= 0.3 is 12.1 Å². The molecule has 1 rings (SSSR count). The van der Waals surface area contributed by atoms with Gasteiger partial charge < -0.3 is 14.9 Å². The minimum absolute atomic E-state index is 0.00297. The molecule has 6 nitrogen and oxygen atoms in total. The molecule has 0 unspecified atom stereocenters. The van der Waals surface area contributed by atoms with Gasteiger partial charge in [0.15, 0.2) is 0 Å². The van der Waals surface area contributed by atoms with Crippen LogP contribution < -0.4 is 5.32 Å². The van der Waals surface area contributed by atoms with Crippen LogP contribution in [0.3, 0.4) is 0 Å². The fourth-order valence-electron chi connectivity index (χ4n) is 2.09. The van der Waals surface area contributed by atoms with Crippen molar-refractivity contribution in [1.82, 2.24) is 0 Å². The van der Waals surface area contributed by atoms with E-state index in [4.69, 9.17) is 9.84 Å². The first-order valence-corrected chi connectivity index (χ1v) is 6.96. The first-order valence-electron chi connectivity index (χ1n) is 6.96. The fraction of sp³-hybridized carbons (Fsp3) is 0.500. The van der Waals surface area contributed by atoms with Crippen LogP contribution in [-0.4, -0.2) is 27.9 Å². The minimum atomic E-state index is -0.962. The van der Waals surface area contributed by atoms with Gasteiger partial charge in [-0.25, -0.2) is 4.79 Å². The summed E-state index contributed by atoms with van der Waals surface area (Å²) in [7, 11) is 0. The number of ether oxygens (including phenoxy) is 1. The van der Waals surface area contributed by atoms with Crippen molar-refractivity contribution in [2.75, 3.05) is 5.32 Å². The van der Waals surface area contributed by atoms with E-state index < -0.39 is 23.1 Å². The Morgan fingerprint density at radius 1 is 1.18 bits per heavy atom. The molecule has 0 aromatic heterocycles. The van der Waals surface area contributed by atoms with E-state index >= 15 is 0 Å². The van der Waals surface area contributed by atoms with Crippen molar-refractivity contribution < 1.29 is 24.5 Å². The van der Waals surface area contributed by atoms with E-state index in [1.807, 2.05) is 0 Å². The third-order valence-electron chi connectivity index (χ3n) is 2.96. The molecule has 0 aliphatic carbocycles. The maximum atomic E-state index is 11.9. The number of nitrogens with one attached hydrogen (secondary N) is 1. The number of hydrogen-bond acceptors (Lipinski definition) is 4. The molecule has 122 valence electrons. The molecule has 0 heterocycles. The van der Waals surface area contributed by atoms with Gasteiger partial charge in [-0.1, -0.05) is 13.8 Å². The second-order valence-electron chi connectivity index (χ2n) is 6.81. The van der Waals surface area contributed by atoms with Crippen LogP contribution in [0.1, 0.15) is 46.6 Å². The van der Waals surface area contributed by atoms with Crippen LogP contribution in [-0.2, 0) is 14.9 Å². The molecule has 3 N–H and O–H groups in total. The molecule has 0 saturated carbocycles. The number of carbonyl (C=O) groups excluding carboxylic acids is 1. The topological polar surface area (TPSA) is 95.9 Å². The van der Waals surface area contributed by atoms with Gasteiger partial charge in [-0.3, -0.25) is 10.1 Å². The Balaban J connectivity index is 3.11. The number of hydrogen-bond donors (Lipinski definition) is 3. The molecule has 0 aliphatic rings. The second-order valence-corrected chi connectivity index (χ2v) is 6.81. The monoisotopic (exact) mass is 309 g/mol. The molecule has 0 spiro atoms. The van der Waals surface area contributed by atoms with Crippen LogP contribution in [0.2, 0.25) is 0 Å². The van der Waals surface area contributed by atoms with Gasteiger partial charge in [-0.05, 0) is 44.5 Å². The van der Waals surface area contributed by atoms with Crippen molar-refractivity contribution in [2.24, 2.45) is 0 Å². The Bertz CT molecular complexity index is 572. The van der Waals surface area contributed by atoms with Crippen molar-refractivity contribution in [3.8, 4) is 5.75 Å². The first-order chi connectivity index (χ1) is 9.90. The van der Waals surface area contributed by atoms with Crippen LogP contribution >= 0.6 is 0 Å². The summed E-state index contributed by atoms with van der Waals surface area (Å²) in [6.45, 7) is 8.71. The molecule has 22 heavy (non-hydrogen) atoms. The Hall–Kier alpha value is -2.24. The third-order valence-corrected chi connectivity index (χ3v) is 2.96. The smallest absolute Gasteiger partial charge is 0.412 e. The Morgan fingerprint density at radius 3 is 2.27 bits per heavy atom. The van der Waals surface area contributed by atoms with Crippen molar-refractivity contribution in [3.63, 3.8) is 0 Å². The summed E-state index contributed by atoms with van der Waals surface area (Å²) in [5.74, 6) is -0.959. The summed E-state index contributed by atoms with van der Waals surface area (Å²) in [4.78, 5) is 22.9. The summed E-state index contributed by atoms with van der Waals surface area (Å²) in [5.41, 5.74) is -0.466. The maximum Gasteiger partial charge on any atom is 0.412 e. The summed E-state index contributed by atoms with van der Waals surface area (Å²) in [6, 6.07) is 4.40. The highest BCUT2D eigenvalue weighted by Crippen LogP contribution is 2.35. The van der Waals surface area contributed by atoms with Crippen LogP contribution in [0, 0.1) is 0 Å². The minimum Gasteiger partial charge on any atom is -0.508 e. The number of phenols is 1. The molecule has 1 aromatic carbocycles. The van der Waals surface area contributed by atoms with Gasteiger partial charge in [-0.15, -0.1) is 0 Å². The van der Waals surface area contributed by atoms with Crippen molar-refractivity contribution in [2.45, 2.75) is 52.1 Å². The Labute approximate surface area is 130 Å². The lowest BCUT2D eigenvalue weighted by atomic mass is 9.80. The van der Waals surface area contributed by atoms with Gasteiger partial charge in [0.2, 0.25) is 0 Å². The molecular formula is C16H23NO5. The summed E-state index contributed by atoms with van der Waals surface area (Å²) < 4.78 is 5.19. The van der Waals surface area contributed by atoms with E-state index in [1.165, 1.54) is 18.2 Å². The zero-order valence-electron chi connectivity index (χ0n) is 13.6. The number of rotatable bonds is 4. The molecule has 0 bridgehead atoms. The van der Waals surface area contributed by atoms with E-state index in [0.29, 0.717) is 11.3 Å². The lowest BCUT2D eigenvalue weighted by molar-refractivity contribution is -0.138. The largest absolute Gasteiger partial charge is 0.508 e. The van der Waals surface area contributed by atoms with Crippen LogP contribution in [0.25, 0.3) is 0 Å². The van der Waals surface area contributed by atoms with Gasteiger partial charge in [0, 0.05) is 11.1 Å². The highest BCUT2D eigenvalue weighted by Gasteiger charge is 2.28. The number of carbonyl (C=O) groups is 2. The van der Waals surface area contributed by atoms with Gasteiger partial charge in [0.25, 0.3) is 0 Å². The highest BCUT2D eigenvalue weighted by molar-refractivity contribution is 5.86. The molecule has 0 atom stereocenters. The number of benzene rings is 1. The van der Waals surface area contributed by atoms with E-state index in [2.05, 4.69) is 5.32 Å². The normalized spacial score (nSPS) is 11.9. The van der Waals surface area contributed by atoms with Gasteiger partial charge in [0.05, 0.1) is 6.42 Å². The van der Waals surface area contributed by atoms with E-state index in [-0.39, 0.29) is 12.2 Å². The number of carboxylic acids is 1. The van der Waals surface area contributed by atoms with Crippen molar-refractivity contribution in [3.05, 3.63) is 23.8 Å². The first kappa shape index (κ1) is 17.8. The van der Waals surface area contributed by atoms with Gasteiger partial charge in [0.1, 0.15) is 11.4 Å². The predicted octanol–water partition coefficient (Wildman–Crippen LogP) is 3.49. The predicted molar refractivity (Wildman–Crippen MR) is 83.2 cm³/mol. The van der Waals surface area contributed by atoms with Crippen LogP contribution in [0.4, 0.5) is 10.5 Å². The molecule has 0 fully saturated rings. The lowest BCUT2D eigenvalue weighted by Crippen LogP contribution is -2.29. The van der Waals surface area contributed by atoms with E-state index in [0.717, 1.165) is 0 Å². The maximum absolute atomic E-state index is 11.9. The average molecular weight is 309 g/mol. The SMILES string of the molecule is CC(C)(C)OC(=O)Nc1ccc(O)cc1C(C)(C)CC(=O)O. The number of aliphatic carboxylic acids is 1. The number of amides is 1. The highest BCUT2D eigenvalue weighted by atomic mass is 16.6. The quantitative estimate of drug-likeness (QED) is 0.740. The van der Waals surface area contributed by atoms with Gasteiger partial charge in [-0.2, -0.15) is 0 Å². The number of phenolic OH excluding ortho intramolecular Hbond substituents is 1. The summed E-state index contributed by atoms with van der Waals surface area (Å²) >= 11 is 0. The molecule has 1 aromatic rings. The van der Waals surface area contributed by atoms with Crippen molar-refractivity contribution >= 4 is 17.7 Å². The average Bonchev–Trinajstić information content (AvgIpc) is 2.27. The molecule has 1 amide bonds. The lowest BCUT2D eigenvalue weighted by Gasteiger charge is -2.27. The number of carboxylic acid groups (broad SMARTS) is 1. The van der Waals surface area contributed by atoms with Crippen molar-refractivity contribution in [1.29, 1.82) is 0 Å². The zero-order valence-corrected chi connectivity index (χ0v) is 13.6. The molecular weight excluding hydrogens is 286 g/mol. The second kappa shape index (κ2) is 6.25. The summed E-state index contributed by atoms with van der Waals surface area (Å²) in [5, 5.41) is 21.3. The molecule has 0 radical (unpaired) electrons.